The van der Waals surface area contributed by atoms with Gasteiger partial charge in [0.1, 0.15) is 11.6 Å². The molecular weight excluding hydrogens is 311 g/mol. The largest absolute Gasteiger partial charge is 0.496 e. The van der Waals surface area contributed by atoms with Crippen LogP contribution in [0.1, 0.15) is 21.5 Å². The summed E-state index contributed by atoms with van der Waals surface area (Å²) in [7, 11) is 1.58. The summed E-state index contributed by atoms with van der Waals surface area (Å²) >= 11 is 3.08. The van der Waals surface area contributed by atoms with Gasteiger partial charge in [0.2, 0.25) is 0 Å². The molecule has 0 fully saturated rings. The van der Waals surface area contributed by atoms with Crippen LogP contribution >= 0.6 is 15.9 Å². The van der Waals surface area contributed by atoms with Crippen LogP contribution in [0.2, 0.25) is 0 Å². The molecule has 0 N–H and O–H groups in total. The van der Waals surface area contributed by atoms with Crippen molar-refractivity contribution >= 4 is 21.7 Å². The molecule has 2 aromatic rings. The molecule has 0 aromatic heterocycles. The van der Waals surface area contributed by atoms with Crippen LogP contribution in [0, 0.1) is 12.7 Å². The molecule has 0 amide bonds. The maximum Gasteiger partial charge on any atom is 0.193 e. The quantitative estimate of drug-likeness (QED) is 0.794. The molecule has 0 aliphatic carbocycles. The smallest absolute Gasteiger partial charge is 0.193 e. The van der Waals surface area contributed by atoms with E-state index in [9.17, 15) is 9.18 Å². The van der Waals surface area contributed by atoms with Crippen molar-refractivity contribution in [2.45, 2.75) is 6.92 Å². The normalized spacial score (nSPS) is 10.3. The van der Waals surface area contributed by atoms with Crippen LogP contribution in [0.5, 0.6) is 5.75 Å². The van der Waals surface area contributed by atoms with Gasteiger partial charge in [-0.25, -0.2) is 4.39 Å². The zero-order valence-electron chi connectivity index (χ0n) is 10.5. The van der Waals surface area contributed by atoms with E-state index in [1.165, 1.54) is 18.2 Å². The van der Waals surface area contributed by atoms with Crippen molar-refractivity contribution in [3.8, 4) is 5.75 Å². The number of hydrogen-bond acceptors (Lipinski definition) is 2. The highest BCUT2D eigenvalue weighted by molar-refractivity contribution is 9.10. The van der Waals surface area contributed by atoms with E-state index >= 15 is 0 Å². The summed E-state index contributed by atoms with van der Waals surface area (Å²) in [6.07, 6.45) is 0. The molecule has 0 aliphatic heterocycles. The zero-order chi connectivity index (χ0) is 14.0. The number of hydrogen-bond donors (Lipinski definition) is 0. The number of aryl methyl sites for hydroxylation is 1. The van der Waals surface area contributed by atoms with Gasteiger partial charge >= 0.3 is 0 Å². The van der Waals surface area contributed by atoms with E-state index in [4.69, 9.17) is 4.74 Å². The van der Waals surface area contributed by atoms with E-state index in [0.717, 1.165) is 11.3 Å². The second kappa shape index (κ2) is 5.53. The first-order valence-electron chi connectivity index (χ1n) is 5.67. The molecule has 0 saturated heterocycles. The maximum atomic E-state index is 13.2. The molecule has 0 atom stereocenters. The zero-order valence-corrected chi connectivity index (χ0v) is 12.1. The Labute approximate surface area is 119 Å². The molecule has 0 unspecified atom stereocenters. The fourth-order valence-corrected chi connectivity index (χ4v) is 2.20. The van der Waals surface area contributed by atoms with Crippen molar-refractivity contribution in [1.82, 2.24) is 0 Å². The average molecular weight is 323 g/mol. The first-order chi connectivity index (χ1) is 9.02. The van der Waals surface area contributed by atoms with Gasteiger partial charge in [0.15, 0.2) is 5.78 Å². The third-order valence-electron chi connectivity index (χ3n) is 2.84. The van der Waals surface area contributed by atoms with Gasteiger partial charge in [-0.3, -0.25) is 4.79 Å². The second-order valence-electron chi connectivity index (χ2n) is 4.14. The molecule has 2 rings (SSSR count). The van der Waals surface area contributed by atoms with Gasteiger partial charge < -0.3 is 4.74 Å². The van der Waals surface area contributed by atoms with Crippen LogP contribution in [-0.2, 0) is 0 Å². The molecule has 0 spiro atoms. The van der Waals surface area contributed by atoms with Crippen LogP contribution < -0.4 is 4.74 Å². The number of carbonyl (C=O) groups excluding carboxylic acids is 1. The Morgan fingerprint density at radius 2 is 1.79 bits per heavy atom. The summed E-state index contributed by atoms with van der Waals surface area (Å²) in [6, 6.07) is 9.44. The standard InChI is InChI=1S/C15H12BrFO2/c1-9-7-10(4-6-14(9)19-2)15(18)11-3-5-13(17)12(16)8-11/h3-8H,1-2H3. The van der Waals surface area contributed by atoms with Gasteiger partial charge in [0.05, 0.1) is 11.6 Å². The average Bonchev–Trinajstić information content (AvgIpc) is 2.41. The third-order valence-corrected chi connectivity index (χ3v) is 3.45. The number of methoxy groups -OCH3 is 1. The molecule has 0 heterocycles. The Morgan fingerprint density at radius 1 is 1.16 bits per heavy atom. The summed E-state index contributed by atoms with van der Waals surface area (Å²) in [4.78, 5) is 12.3. The van der Waals surface area contributed by atoms with Crippen molar-refractivity contribution in [1.29, 1.82) is 0 Å². The summed E-state index contributed by atoms with van der Waals surface area (Å²) < 4.78 is 18.6. The van der Waals surface area contributed by atoms with Crippen LogP contribution in [0.15, 0.2) is 40.9 Å². The molecule has 19 heavy (non-hydrogen) atoms. The highest BCUT2D eigenvalue weighted by Crippen LogP contribution is 2.22. The van der Waals surface area contributed by atoms with E-state index in [1.54, 1.807) is 25.3 Å². The predicted molar refractivity (Wildman–Crippen MR) is 75.3 cm³/mol. The van der Waals surface area contributed by atoms with E-state index in [0.29, 0.717) is 11.1 Å². The summed E-state index contributed by atoms with van der Waals surface area (Å²) in [5, 5.41) is 0. The van der Waals surface area contributed by atoms with Gasteiger partial charge in [-0.15, -0.1) is 0 Å². The molecule has 2 aromatic carbocycles. The first kappa shape index (κ1) is 13.7. The fourth-order valence-electron chi connectivity index (χ4n) is 1.82. The van der Waals surface area contributed by atoms with Crippen molar-refractivity contribution in [3.63, 3.8) is 0 Å². The van der Waals surface area contributed by atoms with Crippen molar-refractivity contribution in [3.05, 3.63) is 63.4 Å². The molecule has 0 bridgehead atoms. The fraction of sp³-hybridized carbons (Fsp3) is 0.133. The Hall–Kier alpha value is -1.68. The van der Waals surface area contributed by atoms with Gasteiger partial charge in [0, 0.05) is 11.1 Å². The summed E-state index contributed by atoms with van der Waals surface area (Å²) in [6.45, 7) is 1.87. The Morgan fingerprint density at radius 3 is 2.37 bits per heavy atom. The van der Waals surface area contributed by atoms with Crippen molar-refractivity contribution < 1.29 is 13.9 Å². The Kier molecular flexibility index (Phi) is 4.00. The molecule has 4 heteroatoms. The molecule has 0 saturated carbocycles. The van der Waals surface area contributed by atoms with Gasteiger partial charge in [0.25, 0.3) is 0 Å². The third kappa shape index (κ3) is 2.84. The number of ketones is 1. The highest BCUT2D eigenvalue weighted by atomic mass is 79.9. The predicted octanol–water partition coefficient (Wildman–Crippen LogP) is 4.14. The van der Waals surface area contributed by atoms with E-state index in [1.807, 2.05) is 6.92 Å². The van der Waals surface area contributed by atoms with Crippen molar-refractivity contribution in [2.24, 2.45) is 0 Å². The highest BCUT2D eigenvalue weighted by Gasteiger charge is 2.12. The van der Waals surface area contributed by atoms with Crippen LogP contribution in [0.3, 0.4) is 0 Å². The number of halogens is 2. The van der Waals surface area contributed by atoms with Gasteiger partial charge in [-0.1, -0.05) is 0 Å². The minimum Gasteiger partial charge on any atom is -0.496 e. The Bertz CT molecular complexity index is 638. The van der Waals surface area contributed by atoms with Gasteiger partial charge in [-0.2, -0.15) is 0 Å². The summed E-state index contributed by atoms with van der Waals surface area (Å²) in [5.74, 6) is 0.200. The lowest BCUT2D eigenvalue weighted by atomic mass is 10.0. The van der Waals surface area contributed by atoms with Crippen LogP contribution in [-0.4, -0.2) is 12.9 Å². The second-order valence-corrected chi connectivity index (χ2v) is 5.00. The lowest BCUT2D eigenvalue weighted by molar-refractivity contribution is 0.103. The van der Waals surface area contributed by atoms with Crippen molar-refractivity contribution in [2.75, 3.05) is 7.11 Å². The molecule has 2 nitrogen and oxygen atoms in total. The van der Waals surface area contributed by atoms with E-state index in [-0.39, 0.29) is 16.1 Å². The van der Waals surface area contributed by atoms with Gasteiger partial charge in [-0.05, 0) is 64.8 Å². The topological polar surface area (TPSA) is 26.3 Å². The first-order valence-corrected chi connectivity index (χ1v) is 6.46. The van der Waals surface area contributed by atoms with E-state index in [2.05, 4.69) is 15.9 Å². The number of benzene rings is 2. The Balaban J connectivity index is 2.38. The lowest BCUT2D eigenvalue weighted by Gasteiger charge is -2.07. The minimum atomic E-state index is -0.387. The minimum absolute atomic E-state index is 0.147. The number of ether oxygens (including phenoxy) is 1. The van der Waals surface area contributed by atoms with Crippen LogP contribution in [0.4, 0.5) is 4.39 Å². The lowest BCUT2D eigenvalue weighted by Crippen LogP contribution is -2.02. The molecular formula is C15H12BrFO2. The molecule has 0 aliphatic rings. The SMILES string of the molecule is COc1ccc(C(=O)c2ccc(F)c(Br)c2)cc1C. The number of rotatable bonds is 3. The van der Waals surface area contributed by atoms with E-state index < -0.39 is 0 Å². The number of carbonyl (C=O) groups is 1. The maximum absolute atomic E-state index is 13.2. The summed E-state index contributed by atoms with van der Waals surface area (Å²) in [5.41, 5.74) is 1.88. The monoisotopic (exact) mass is 322 g/mol. The molecule has 98 valence electrons. The van der Waals surface area contributed by atoms with Crippen LogP contribution in [0.25, 0.3) is 0 Å². The molecule has 0 radical (unpaired) electrons.